The zero-order valence-corrected chi connectivity index (χ0v) is 13.0. The van der Waals surface area contributed by atoms with Gasteiger partial charge in [-0.15, -0.1) is 10.2 Å². The molecular formula is C13H22N4O2S. The number of aliphatic hydroxyl groups excluding tert-OH is 1. The molecular weight excluding hydrogens is 276 g/mol. The number of aliphatic hydroxyl groups is 1. The lowest BCUT2D eigenvalue weighted by Crippen LogP contribution is -2.32. The van der Waals surface area contributed by atoms with E-state index in [1.807, 2.05) is 20.8 Å². The average Bonchev–Trinajstić information content (AvgIpc) is 2.98. The maximum atomic E-state index is 11.9. The zero-order chi connectivity index (χ0) is 14.7. The molecule has 2 heterocycles. The van der Waals surface area contributed by atoms with Gasteiger partial charge in [-0.1, -0.05) is 25.2 Å². The van der Waals surface area contributed by atoms with Gasteiger partial charge >= 0.3 is 0 Å². The lowest BCUT2D eigenvalue weighted by atomic mass is 10.0. The molecule has 1 aromatic rings. The van der Waals surface area contributed by atoms with Crippen molar-refractivity contribution in [2.75, 3.05) is 25.0 Å². The van der Waals surface area contributed by atoms with Crippen molar-refractivity contribution in [2.24, 2.45) is 5.92 Å². The molecule has 2 unspecified atom stereocenters. The molecule has 2 atom stereocenters. The first kappa shape index (κ1) is 15.3. The first-order valence-corrected chi connectivity index (χ1v) is 7.81. The lowest BCUT2D eigenvalue weighted by molar-refractivity contribution is -0.117. The van der Waals surface area contributed by atoms with Crippen LogP contribution in [0.3, 0.4) is 0 Å². The Hall–Kier alpha value is -1.05. The lowest BCUT2D eigenvalue weighted by Gasteiger charge is -2.16. The molecule has 0 aliphatic carbocycles. The van der Waals surface area contributed by atoms with Crippen molar-refractivity contribution in [1.29, 1.82) is 0 Å². The molecule has 112 valence electrons. The summed E-state index contributed by atoms with van der Waals surface area (Å²) in [5.74, 6) is 0.531. The standard InChI is InChI=1S/C13H22N4O2S/c1-8(2)12-15-16-13(20-12)14-11(19)7-17-5-4-10(6-17)9(3)18/h8-10,18H,4-7H2,1-3H3,(H,14,16,19). The van der Waals surface area contributed by atoms with E-state index in [9.17, 15) is 9.90 Å². The first-order chi connectivity index (χ1) is 9.45. The van der Waals surface area contributed by atoms with E-state index in [4.69, 9.17) is 0 Å². The van der Waals surface area contributed by atoms with Crippen LogP contribution in [0.1, 0.15) is 38.1 Å². The van der Waals surface area contributed by atoms with E-state index in [1.54, 1.807) is 0 Å². The second-order valence-electron chi connectivity index (χ2n) is 5.67. The Balaban J connectivity index is 1.81. The number of hydrogen-bond donors (Lipinski definition) is 2. The number of carbonyl (C=O) groups is 1. The molecule has 1 aliphatic rings. The van der Waals surface area contributed by atoms with Gasteiger partial charge in [0.1, 0.15) is 5.01 Å². The maximum absolute atomic E-state index is 11.9. The maximum Gasteiger partial charge on any atom is 0.240 e. The van der Waals surface area contributed by atoms with Gasteiger partial charge in [-0.3, -0.25) is 15.0 Å². The van der Waals surface area contributed by atoms with Crippen LogP contribution in [0.4, 0.5) is 5.13 Å². The highest BCUT2D eigenvalue weighted by molar-refractivity contribution is 7.15. The van der Waals surface area contributed by atoms with Crippen molar-refractivity contribution < 1.29 is 9.90 Å². The SMILES string of the molecule is CC(C)c1nnc(NC(=O)CN2CCC(C(C)O)C2)s1. The largest absolute Gasteiger partial charge is 0.393 e. The van der Waals surface area contributed by atoms with Crippen LogP contribution >= 0.6 is 11.3 Å². The molecule has 0 saturated carbocycles. The summed E-state index contributed by atoms with van der Waals surface area (Å²) in [5, 5.41) is 21.8. The van der Waals surface area contributed by atoms with Crippen LogP contribution in [-0.2, 0) is 4.79 Å². The Labute approximate surface area is 123 Å². The molecule has 2 N–H and O–H groups in total. The number of rotatable bonds is 5. The van der Waals surface area contributed by atoms with E-state index in [0.29, 0.717) is 17.6 Å². The first-order valence-electron chi connectivity index (χ1n) is 6.99. The van der Waals surface area contributed by atoms with E-state index < -0.39 is 0 Å². The van der Waals surface area contributed by atoms with Crippen LogP contribution in [-0.4, -0.2) is 51.8 Å². The van der Waals surface area contributed by atoms with Crippen LogP contribution in [0.2, 0.25) is 0 Å². The smallest absolute Gasteiger partial charge is 0.240 e. The molecule has 6 nitrogen and oxygen atoms in total. The molecule has 0 spiro atoms. The highest BCUT2D eigenvalue weighted by atomic mass is 32.1. The van der Waals surface area contributed by atoms with Gasteiger partial charge in [0.2, 0.25) is 11.0 Å². The molecule has 1 saturated heterocycles. The summed E-state index contributed by atoms with van der Waals surface area (Å²) in [6.07, 6.45) is 0.640. The average molecular weight is 298 g/mol. The minimum Gasteiger partial charge on any atom is -0.393 e. The van der Waals surface area contributed by atoms with E-state index in [-0.39, 0.29) is 17.9 Å². The van der Waals surface area contributed by atoms with Gasteiger partial charge in [-0.2, -0.15) is 0 Å². The molecule has 0 aromatic carbocycles. The van der Waals surface area contributed by atoms with Crippen LogP contribution in [0.25, 0.3) is 0 Å². The Morgan fingerprint density at radius 1 is 1.50 bits per heavy atom. The highest BCUT2D eigenvalue weighted by Crippen LogP contribution is 2.23. The number of nitrogens with one attached hydrogen (secondary N) is 1. The fourth-order valence-electron chi connectivity index (χ4n) is 2.28. The summed E-state index contributed by atoms with van der Waals surface area (Å²) in [7, 11) is 0. The highest BCUT2D eigenvalue weighted by Gasteiger charge is 2.27. The summed E-state index contributed by atoms with van der Waals surface area (Å²) in [4.78, 5) is 14.0. The number of nitrogens with zero attached hydrogens (tertiary/aromatic N) is 3. The third-order valence-corrected chi connectivity index (χ3v) is 4.68. The predicted octanol–water partition coefficient (Wildman–Crippen LogP) is 1.30. The molecule has 1 aliphatic heterocycles. The molecule has 2 rings (SSSR count). The second kappa shape index (κ2) is 6.60. The van der Waals surface area contributed by atoms with Crippen LogP contribution in [0.15, 0.2) is 0 Å². The molecule has 1 fully saturated rings. The van der Waals surface area contributed by atoms with Crippen LogP contribution in [0.5, 0.6) is 0 Å². The van der Waals surface area contributed by atoms with Gasteiger partial charge in [0.25, 0.3) is 0 Å². The quantitative estimate of drug-likeness (QED) is 0.857. The van der Waals surface area contributed by atoms with Gasteiger partial charge in [-0.05, 0) is 25.8 Å². The number of anilines is 1. The fourth-order valence-corrected chi connectivity index (χ4v) is 3.04. The molecule has 20 heavy (non-hydrogen) atoms. The molecule has 0 bridgehead atoms. The summed E-state index contributed by atoms with van der Waals surface area (Å²) < 4.78 is 0. The van der Waals surface area contributed by atoms with Gasteiger partial charge < -0.3 is 5.11 Å². The Kier molecular flexibility index (Phi) is 5.06. The van der Waals surface area contributed by atoms with E-state index in [1.165, 1.54) is 11.3 Å². The van der Waals surface area contributed by atoms with Crippen molar-refractivity contribution in [2.45, 2.75) is 39.2 Å². The van der Waals surface area contributed by atoms with Crippen molar-refractivity contribution in [3.8, 4) is 0 Å². The topological polar surface area (TPSA) is 78.4 Å². The molecule has 1 amide bonds. The third-order valence-electron chi connectivity index (χ3n) is 3.54. The molecule has 0 radical (unpaired) electrons. The van der Waals surface area contributed by atoms with E-state index in [0.717, 1.165) is 24.5 Å². The van der Waals surface area contributed by atoms with Crippen molar-refractivity contribution in [3.05, 3.63) is 5.01 Å². The van der Waals surface area contributed by atoms with Crippen molar-refractivity contribution in [3.63, 3.8) is 0 Å². The van der Waals surface area contributed by atoms with Gasteiger partial charge in [0.15, 0.2) is 0 Å². The number of likely N-dealkylation sites (tertiary alicyclic amines) is 1. The summed E-state index contributed by atoms with van der Waals surface area (Å²) in [5.41, 5.74) is 0. The minimum absolute atomic E-state index is 0.0669. The monoisotopic (exact) mass is 298 g/mol. The summed E-state index contributed by atoms with van der Waals surface area (Å²) >= 11 is 1.42. The number of hydrogen-bond acceptors (Lipinski definition) is 6. The van der Waals surface area contributed by atoms with Crippen LogP contribution in [0, 0.1) is 5.92 Å². The minimum atomic E-state index is -0.306. The Bertz CT molecular complexity index is 461. The predicted molar refractivity (Wildman–Crippen MR) is 78.9 cm³/mol. The van der Waals surface area contributed by atoms with E-state index >= 15 is 0 Å². The molecule has 1 aromatic heterocycles. The normalized spacial score (nSPS) is 21.4. The van der Waals surface area contributed by atoms with E-state index in [2.05, 4.69) is 20.4 Å². The third kappa shape index (κ3) is 3.97. The van der Waals surface area contributed by atoms with Crippen molar-refractivity contribution >= 4 is 22.4 Å². The summed E-state index contributed by atoms with van der Waals surface area (Å²) in [6.45, 7) is 7.89. The van der Waals surface area contributed by atoms with Gasteiger partial charge in [0.05, 0.1) is 12.6 Å². The Morgan fingerprint density at radius 3 is 2.80 bits per heavy atom. The van der Waals surface area contributed by atoms with Gasteiger partial charge in [0, 0.05) is 12.5 Å². The van der Waals surface area contributed by atoms with Crippen LogP contribution < -0.4 is 5.32 Å². The Morgan fingerprint density at radius 2 is 2.25 bits per heavy atom. The van der Waals surface area contributed by atoms with Gasteiger partial charge in [-0.25, -0.2) is 0 Å². The number of aromatic nitrogens is 2. The molecule has 7 heteroatoms. The zero-order valence-electron chi connectivity index (χ0n) is 12.2. The summed E-state index contributed by atoms with van der Waals surface area (Å²) in [6, 6.07) is 0. The van der Waals surface area contributed by atoms with Crippen molar-refractivity contribution in [1.82, 2.24) is 15.1 Å². The number of amides is 1. The second-order valence-corrected chi connectivity index (χ2v) is 6.68. The number of carbonyl (C=O) groups excluding carboxylic acids is 1. The fraction of sp³-hybridized carbons (Fsp3) is 0.769.